The second kappa shape index (κ2) is 9.16. The normalized spacial score (nSPS) is 16.8. The topological polar surface area (TPSA) is 62.7 Å². The zero-order valence-electron chi connectivity index (χ0n) is 17.9. The lowest BCUT2D eigenvalue weighted by Crippen LogP contribution is -2.53. The Labute approximate surface area is 186 Å². The fourth-order valence-corrected chi connectivity index (χ4v) is 3.82. The van der Waals surface area contributed by atoms with Gasteiger partial charge in [0.1, 0.15) is 11.4 Å². The Bertz CT molecular complexity index is 909. The van der Waals surface area contributed by atoms with E-state index in [0.717, 1.165) is 22.9 Å². The van der Waals surface area contributed by atoms with Gasteiger partial charge in [0.15, 0.2) is 0 Å². The summed E-state index contributed by atoms with van der Waals surface area (Å²) in [6, 6.07) is 10.9. The molecule has 0 radical (unpaired) electrons. The molecule has 0 bridgehead atoms. The molecule has 30 heavy (non-hydrogen) atoms. The SMILES string of the molecule is Cc1cccnc1N(C(=O)c1ccc(Br)cc1)C1CCCN(C(=O)OC(C)(C)C)C1. The third kappa shape index (κ3) is 5.39. The summed E-state index contributed by atoms with van der Waals surface area (Å²) in [5.41, 5.74) is 0.934. The number of aromatic nitrogens is 1. The maximum absolute atomic E-state index is 13.5. The summed E-state index contributed by atoms with van der Waals surface area (Å²) in [4.78, 5) is 34.1. The van der Waals surface area contributed by atoms with Gasteiger partial charge < -0.3 is 9.64 Å². The van der Waals surface area contributed by atoms with Crippen molar-refractivity contribution in [1.29, 1.82) is 0 Å². The van der Waals surface area contributed by atoms with E-state index in [1.54, 1.807) is 28.1 Å². The predicted molar refractivity (Wildman–Crippen MR) is 121 cm³/mol. The van der Waals surface area contributed by atoms with E-state index in [-0.39, 0.29) is 18.0 Å². The Kier molecular flexibility index (Phi) is 6.81. The van der Waals surface area contributed by atoms with Gasteiger partial charge >= 0.3 is 6.09 Å². The van der Waals surface area contributed by atoms with Gasteiger partial charge in [-0.3, -0.25) is 9.69 Å². The maximum atomic E-state index is 13.5. The van der Waals surface area contributed by atoms with E-state index in [2.05, 4.69) is 20.9 Å². The summed E-state index contributed by atoms with van der Waals surface area (Å²) < 4.78 is 6.47. The minimum absolute atomic E-state index is 0.125. The van der Waals surface area contributed by atoms with Crippen molar-refractivity contribution in [2.24, 2.45) is 0 Å². The quantitative estimate of drug-likeness (QED) is 0.614. The van der Waals surface area contributed by atoms with Crippen molar-refractivity contribution in [3.8, 4) is 0 Å². The lowest BCUT2D eigenvalue weighted by Gasteiger charge is -2.39. The average molecular weight is 474 g/mol. The lowest BCUT2D eigenvalue weighted by atomic mass is 10.0. The summed E-state index contributed by atoms with van der Waals surface area (Å²) in [5, 5.41) is 0. The highest BCUT2D eigenvalue weighted by Gasteiger charge is 2.35. The second-order valence-corrected chi connectivity index (χ2v) is 9.46. The Morgan fingerprint density at radius 3 is 2.53 bits per heavy atom. The van der Waals surface area contributed by atoms with E-state index in [4.69, 9.17) is 4.74 Å². The van der Waals surface area contributed by atoms with Crippen molar-refractivity contribution in [3.63, 3.8) is 0 Å². The molecule has 6 nitrogen and oxygen atoms in total. The zero-order valence-corrected chi connectivity index (χ0v) is 19.5. The summed E-state index contributed by atoms with van der Waals surface area (Å²) in [5.74, 6) is 0.502. The monoisotopic (exact) mass is 473 g/mol. The molecule has 0 saturated carbocycles. The first-order valence-electron chi connectivity index (χ1n) is 10.1. The van der Waals surface area contributed by atoms with Crippen molar-refractivity contribution in [2.45, 2.75) is 52.2 Å². The molecule has 1 atom stereocenters. The molecule has 1 fully saturated rings. The number of piperidine rings is 1. The van der Waals surface area contributed by atoms with Crippen molar-refractivity contribution in [2.75, 3.05) is 18.0 Å². The Morgan fingerprint density at radius 1 is 1.20 bits per heavy atom. The molecule has 1 saturated heterocycles. The van der Waals surface area contributed by atoms with Crippen molar-refractivity contribution >= 4 is 33.7 Å². The highest BCUT2D eigenvalue weighted by Crippen LogP contribution is 2.27. The van der Waals surface area contributed by atoms with E-state index < -0.39 is 5.60 Å². The predicted octanol–water partition coefficient (Wildman–Crippen LogP) is 5.20. The van der Waals surface area contributed by atoms with E-state index in [1.807, 2.05) is 52.0 Å². The van der Waals surface area contributed by atoms with Gasteiger partial charge in [0.2, 0.25) is 0 Å². The number of pyridine rings is 1. The number of anilines is 1. The zero-order chi connectivity index (χ0) is 21.9. The largest absolute Gasteiger partial charge is 0.444 e. The molecule has 1 aromatic carbocycles. The number of rotatable bonds is 3. The van der Waals surface area contributed by atoms with E-state index in [1.165, 1.54) is 0 Å². The Balaban J connectivity index is 1.92. The molecule has 1 aromatic heterocycles. The minimum Gasteiger partial charge on any atom is -0.444 e. The van der Waals surface area contributed by atoms with Gasteiger partial charge in [-0.25, -0.2) is 9.78 Å². The standard InChI is InChI=1S/C23H28BrN3O3/c1-16-7-5-13-25-20(16)27(21(28)17-9-11-18(24)12-10-17)19-8-6-14-26(15-19)22(29)30-23(2,3)4/h5,7,9-13,19H,6,8,14-15H2,1-4H3. The van der Waals surface area contributed by atoms with Crippen LogP contribution < -0.4 is 4.90 Å². The number of carbonyl (C=O) groups is 2. The molecule has 1 aliphatic heterocycles. The van der Waals surface area contributed by atoms with Crippen LogP contribution in [0.15, 0.2) is 47.1 Å². The third-order valence-electron chi connectivity index (χ3n) is 4.93. The number of nitrogens with zero attached hydrogens (tertiary/aromatic N) is 3. The average Bonchev–Trinajstić information content (AvgIpc) is 2.69. The van der Waals surface area contributed by atoms with Gasteiger partial charge in [-0.15, -0.1) is 0 Å². The number of likely N-dealkylation sites (tertiary alicyclic amines) is 1. The third-order valence-corrected chi connectivity index (χ3v) is 5.46. The van der Waals surface area contributed by atoms with Crippen LogP contribution in [0.3, 0.4) is 0 Å². The maximum Gasteiger partial charge on any atom is 0.410 e. The number of hydrogen-bond donors (Lipinski definition) is 0. The molecule has 160 valence electrons. The van der Waals surface area contributed by atoms with Crippen LogP contribution in [-0.2, 0) is 4.74 Å². The number of benzene rings is 1. The van der Waals surface area contributed by atoms with Crippen molar-refractivity contribution < 1.29 is 14.3 Å². The van der Waals surface area contributed by atoms with Crippen LogP contribution in [0.2, 0.25) is 0 Å². The molecule has 2 amide bonds. The van der Waals surface area contributed by atoms with Crippen LogP contribution in [-0.4, -0.2) is 46.6 Å². The number of aryl methyl sites for hydroxylation is 1. The summed E-state index contributed by atoms with van der Waals surface area (Å²) >= 11 is 3.42. The highest BCUT2D eigenvalue weighted by atomic mass is 79.9. The lowest BCUT2D eigenvalue weighted by molar-refractivity contribution is 0.0196. The molecule has 0 spiro atoms. The van der Waals surface area contributed by atoms with Crippen LogP contribution in [0, 0.1) is 6.92 Å². The van der Waals surface area contributed by atoms with Gasteiger partial charge in [0, 0.05) is 29.3 Å². The van der Waals surface area contributed by atoms with Crippen LogP contribution in [0.4, 0.5) is 10.6 Å². The van der Waals surface area contributed by atoms with Crippen LogP contribution in [0.5, 0.6) is 0 Å². The van der Waals surface area contributed by atoms with Crippen molar-refractivity contribution in [1.82, 2.24) is 9.88 Å². The smallest absolute Gasteiger partial charge is 0.410 e. The van der Waals surface area contributed by atoms with Gasteiger partial charge in [0.05, 0.1) is 6.04 Å². The number of amides is 2. The van der Waals surface area contributed by atoms with Crippen LogP contribution in [0.25, 0.3) is 0 Å². The molecule has 2 heterocycles. The fourth-order valence-electron chi connectivity index (χ4n) is 3.55. The van der Waals surface area contributed by atoms with E-state index >= 15 is 0 Å². The van der Waals surface area contributed by atoms with Gasteiger partial charge in [-0.1, -0.05) is 22.0 Å². The Morgan fingerprint density at radius 2 is 1.90 bits per heavy atom. The van der Waals surface area contributed by atoms with Crippen LogP contribution >= 0.6 is 15.9 Å². The summed E-state index contributed by atoms with van der Waals surface area (Å²) in [6.45, 7) is 8.53. The highest BCUT2D eigenvalue weighted by molar-refractivity contribution is 9.10. The fraction of sp³-hybridized carbons (Fsp3) is 0.435. The van der Waals surface area contributed by atoms with Gasteiger partial charge in [-0.05, 0) is 76.4 Å². The van der Waals surface area contributed by atoms with Crippen LogP contribution in [0.1, 0.15) is 49.5 Å². The van der Waals surface area contributed by atoms with E-state index in [9.17, 15) is 9.59 Å². The number of hydrogen-bond acceptors (Lipinski definition) is 4. The number of halogens is 1. The molecular formula is C23H28BrN3O3. The molecular weight excluding hydrogens is 446 g/mol. The first-order valence-corrected chi connectivity index (χ1v) is 10.9. The first kappa shape index (κ1) is 22.3. The molecule has 3 rings (SSSR count). The molecule has 2 aromatic rings. The molecule has 1 unspecified atom stereocenters. The summed E-state index contributed by atoms with van der Waals surface area (Å²) in [7, 11) is 0. The van der Waals surface area contributed by atoms with E-state index in [0.29, 0.717) is 24.5 Å². The Hall–Kier alpha value is -2.41. The molecule has 1 aliphatic rings. The molecule has 0 N–H and O–H groups in total. The van der Waals surface area contributed by atoms with Gasteiger partial charge in [-0.2, -0.15) is 0 Å². The van der Waals surface area contributed by atoms with Crippen molar-refractivity contribution in [3.05, 3.63) is 58.2 Å². The second-order valence-electron chi connectivity index (χ2n) is 8.55. The summed E-state index contributed by atoms with van der Waals surface area (Å²) in [6.07, 6.45) is 2.93. The molecule has 0 aliphatic carbocycles. The minimum atomic E-state index is -0.561. The molecule has 7 heteroatoms. The number of carbonyl (C=O) groups excluding carboxylic acids is 2. The van der Waals surface area contributed by atoms with Gasteiger partial charge in [0.25, 0.3) is 5.91 Å². The number of ether oxygens (including phenoxy) is 1. The first-order chi connectivity index (χ1) is 14.2.